The monoisotopic (exact) mass is 404 g/mol. The van der Waals surface area contributed by atoms with Crippen LogP contribution in [0.15, 0.2) is 11.3 Å². The van der Waals surface area contributed by atoms with E-state index < -0.39 is 11.7 Å². The fourth-order valence-electron chi connectivity index (χ4n) is 1.84. The molecule has 8 nitrogen and oxygen atoms in total. The van der Waals surface area contributed by atoms with E-state index in [0.29, 0.717) is 11.3 Å². The molecule has 2 rings (SSSR count). The number of carbonyl (C=O) groups is 1. The number of aliphatic hydroxyl groups excluding tert-OH is 1. The van der Waals surface area contributed by atoms with Gasteiger partial charge in [-0.05, 0) is 6.92 Å². The average Bonchev–Trinajstić information content (AvgIpc) is 2.57. The smallest absolute Gasteiger partial charge is 0.356 e. The minimum Gasteiger partial charge on any atom is -0.505 e. The van der Waals surface area contributed by atoms with Crippen molar-refractivity contribution in [2.75, 3.05) is 5.43 Å². The highest BCUT2D eigenvalue weighted by molar-refractivity contribution is 6.46. The second-order valence-electron chi connectivity index (χ2n) is 4.72. The number of hydrazone groups is 1. The first-order valence-corrected chi connectivity index (χ1v) is 7.76. The number of hydrogen-bond donors (Lipinski definition) is 4. The second kappa shape index (κ2) is 7.83. The van der Waals surface area contributed by atoms with Crippen LogP contribution in [-0.4, -0.2) is 37.5 Å². The van der Waals surface area contributed by atoms with Gasteiger partial charge in [0.1, 0.15) is 15.8 Å². The van der Waals surface area contributed by atoms with Crippen LogP contribution in [0.5, 0.6) is 5.75 Å². The van der Waals surface area contributed by atoms with Gasteiger partial charge in [0.05, 0.1) is 24.2 Å². The number of aromatic hydroxyl groups is 1. The number of pyridine rings is 2. The fourth-order valence-corrected chi connectivity index (χ4v) is 2.50. The van der Waals surface area contributed by atoms with Crippen molar-refractivity contribution in [3.8, 4) is 5.75 Å². The Kier molecular flexibility index (Phi) is 6.02. The lowest BCUT2D eigenvalue weighted by molar-refractivity contribution is 0.0691. The minimum absolute atomic E-state index is 0.0622. The Morgan fingerprint density at radius 2 is 2.04 bits per heavy atom. The summed E-state index contributed by atoms with van der Waals surface area (Å²) < 4.78 is 0. The van der Waals surface area contributed by atoms with Gasteiger partial charge in [-0.1, -0.05) is 34.8 Å². The van der Waals surface area contributed by atoms with Crippen LogP contribution in [0, 0.1) is 6.92 Å². The molecular formula is C14H11Cl3N4O4. The molecule has 2 aromatic heterocycles. The summed E-state index contributed by atoms with van der Waals surface area (Å²) in [5.74, 6) is -1.55. The number of nitrogens with one attached hydrogen (secondary N) is 1. The van der Waals surface area contributed by atoms with E-state index in [2.05, 4.69) is 20.5 Å². The largest absolute Gasteiger partial charge is 0.505 e. The van der Waals surface area contributed by atoms with Crippen LogP contribution in [0.25, 0.3) is 0 Å². The molecule has 0 unspecified atom stereocenters. The van der Waals surface area contributed by atoms with Crippen LogP contribution in [0.1, 0.15) is 27.3 Å². The molecule has 25 heavy (non-hydrogen) atoms. The Hall–Kier alpha value is -2.13. The maximum Gasteiger partial charge on any atom is 0.356 e. The SMILES string of the molecule is Cc1ncc(CO)c(C=NNc2c(Cl)c(Cl)nc(C(=O)O)c2Cl)c1O. The van der Waals surface area contributed by atoms with Gasteiger partial charge in [-0.25, -0.2) is 9.78 Å². The van der Waals surface area contributed by atoms with E-state index in [9.17, 15) is 15.0 Å². The van der Waals surface area contributed by atoms with Crippen molar-refractivity contribution in [1.82, 2.24) is 9.97 Å². The Bertz CT molecular complexity index is 874. The third-order valence-electron chi connectivity index (χ3n) is 3.14. The van der Waals surface area contributed by atoms with E-state index in [0.717, 1.165) is 0 Å². The van der Waals surface area contributed by atoms with Gasteiger partial charge in [0.2, 0.25) is 0 Å². The first-order chi connectivity index (χ1) is 11.8. The lowest BCUT2D eigenvalue weighted by atomic mass is 10.1. The van der Waals surface area contributed by atoms with Gasteiger partial charge < -0.3 is 15.3 Å². The van der Waals surface area contributed by atoms with Crippen molar-refractivity contribution in [1.29, 1.82) is 0 Å². The van der Waals surface area contributed by atoms with Crippen molar-refractivity contribution in [2.24, 2.45) is 5.10 Å². The first kappa shape index (κ1) is 19.2. The number of aromatic carboxylic acids is 1. The molecule has 0 aliphatic rings. The van der Waals surface area contributed by atoms with Gasteiger partial charge in [0, 0.05) is 17.3 Å². The maximum absolute atomic E-state index is 11.1. The quantitative estimate of drug-likeness (QED) is 0.342. The number of aryl methyl sites for hydroxylation is 1. The average molecular weight is 406 g/mol. The van der Waals surface area contributed by atoms with Gasteiger partial charge >= 0.3 is 5.97 Å². The molecule has 0 fully saturated rings. The van der Waals surface area contributed by atoms with Gasteiger partial charge in [-0.3, -0.25) is 10.4 Å². The second-order valence-corrected chi connectivity index (χ2v) is 5.83. The summed E-state index contributed by atoms with van der Waals surface area (Å²) in [6, 6.07) is 0. The van der Waals surface area contributed by atoms with Gasteiger partial charge in [0.15, 0.2) is 10.8 Å². The van der Waals surface area contributed by atoms with Gasteiger partial charge in [-0.15, -0.1) is 0 Å². The molecule has 0 aliphatic heterocycles. The third kappa shape index (κ3) is 3.93. The van der Waals surface area contributed by atoms with Crippen LogP contribution < -0.4 is 5.43 Å². The Morgan fingerprint density at radius 3 is 2.64 bits per heavy atom. The molecule has 0 saturated carbocycles. The number of rotatable bonds is 5. The predicted octanol–water partition coefficient (Wildman–Crippen LogP) is 3.09. The molecule has 0 saturated heterocycles. The zero-order valence-electron chi connectivity index (χ0n) is 12.6. The van der Waals surface area contributed by atoms with E-state index in [1.807, 2.05) is 0 Å². The molecule has 0 radical (unpaired) electrons. The third-order valence-corrected chi connectivity index (χ3v) is 4.24. The van der Waals surface area contributed by atoms with Crippen LogP contribution in [0.3, 0.4) is 0 Å². The van der Waals surface area contributed by atoms with Crippen LogP contribution in [0.4, 0.5) is 5.69 Å². The number of hydrogen-bond acceptors (Lipinski definition) is 7. The standard InChI is InChI=1S/C14H11Cl3N4O4/c1-5-12(23)7(6(4-22)2-18-5)3-19-21-10-8(15)11(14(24)25)20-13(17)9(10)16/h2-3,22-23H,4H2,1H3,(H,20,21)(H,24,25). The van der Waals surface area contributed by atoms with E-state index in [1.165, 1.54) is 12.4 Å². The highest BCUT2D eigenvalue weighted by Gasteiger charge is 2.20. The predicted molar refractivity (Wildman–Crippen MR) is 94.0 cm³/mol. The summed E-state index contributed by atoms with van der Waals surface area (Å²) in [5, 5.41) is 31.6. The molecule has 0 aromatic carbocycles. The zero-order chi connectivity index (χ0) is 18.7. The number of carboxylic acids is 1. The summed E-state index contributed by atoms with van der Waals surface area (Å²) in [5.41, 5.74) is 2.82. The zero-order valence-corrected chi connectivity index (χ0v) is 14.9. The number of nitrogens with zero attached hydrogens (tertiary/aromatic N) is 3. The van der Waals surface area contributed by atoms with Crippen molar-refractivity contribution in [3.63, 3.8) is 0 Å². The summed E-state index contributed by atoms with van der Waals surface area (Å²) in [7, 11) is 0. The lowest BCUT2D eigenvalue weighted by Gasteiger charge is -2.10. The summed E-state index contributed by atoms with van der Waals surface area (Å²) in [4.78, 5) is 18.6. The van der Waals surface area contributed by atoms with Crippen molar-refractivity contribution in [3.05, 3.63) is 43.9 Å². The highest BCUT2D eigenvalue weighted by Crippen LogP contribution is 2.36. The molecule has 2 heterocycles. The highest BCUT2D eigenvalue weighted by atomic mass is 35.5. The molecule has 0 atom stereocenters. The van der Waals surface area contributed by atoms with E-state index >= 15 is 0 Å². The van der Waals surface area contributed by atoms with Crippen molar-refractivity contribution >= 4 is 52.7 Å². The van der Waals surface area contributed by atoms with Crippen molar-refractivity contribution in [2.45, 2.75) is 13.5 Å². The molecule has 11 heteroatoms. The summed E-state index contributed by atoms with van der Waals surface area (Å²) in [6.07, 6.45) is 2.60. The van der Waals surface area contributed by atoms with E-state index in [1.54, 1.807) is 6.92 Å². The van der Waals surface area contributed by atoms with E-state index in [4.69, 9.17) is 39.9 Å². The summed E-state index contributed by atoms with van der Waals surface area (Å²) in [6.45, 7) is 1.21. The summed E-state index contributed by atoms with van der Waals surface area (Å²) >= 11 is 17.7. The molecule has 0 bridgehead atoms. The molecule has 0 aliphatic carbocycles. The molecule has 0 amide bonds. The molecule has 0 spiro atoms. The maximum atomic E-state index is 11.1. The Balaban J connectivity index is 2.42. The van der Waals surface area contributed by atoms with E-state index in [-0.39, 0.29) is 38.8 Å². The van der Waals surface area contributed by atoms with Crippen LogP contribution >= 0.6 is 34.8 Å². The van der Waals surface area contributed by atoms with Crippen LogP contribution in [-0.2, 0) is 6.61 Å². The number of aromatic nitrogens is 2. The topological polar surface area (TPSA) is 128 Å². The fraction of sp³-hybridized carbons (Fsp3) is 0.143. The number of aliphatic hydroxyl groups is 1. The van der Waals surface area contributed by atoms with Gasteiger partial charge in [0.25, 0.3) is 0 Å². The van der Waals surface area contributed by atoms with Gasteiger partial charge in [-0.2, -0.15) is 5.10 Å². The number of carboxylic acid groups (broad SMARTS) is 1. The Morgan fingerprint density at radius 1 is 1.36 bits per heavy atom. The molecule has 4 N–H and O–H groups in total. The normalized spacial score (nSPS) is 11.1. The minimum atomic E-state index is -1.39. The molecule has 132 valence electrons. The van der Waals surface area contributed by atoms with Crippen LogP contribution in [0.2, 0.25) is 15.2 Å². The molecular weight excluding hydrogens is 395 g/mol. The van der Waals surface area contributed by atoms with Crippen molar-refractivity contribution < 1.29 is 20.1 Å². The first-order valence-electron chi connectivity index (χ1n) is 6.63. The molecule has 2 aromatic rings. The lowest BCUT2D eigenvalue weighted by Crippen LogP contribution is -2.05. The Labute approximate surface area is 156 Å². The number of halogens is 3. The number of anilines is 1.